The van der Waals surface area contributed by atoms with E-state index < -0.39 is 0 Å². The summed E-state index contributed by atoms with van der Waals surface area (Å²) in [6.07, 6.45) is 8.97. The molecule has 0 amide bonds. The van der Waals surface area contributed by atoms with Gasteiger partial charge in [0.05, 0.1) is 0 Å². The first-order chi connectivity index (χ1) is 6.17. The summed E-state index contributed by atoms with van der Waals surface area (Å²) < 4.78 is 0. The Kier molecular flexibility index (Phi) is 2.42. The van der Waals surface area contributed by atoms with Crippen LogP contribution in [0.15, 0.2) is 0 Å². The molecule has 0 bridgehead atoms. The van der Waals surface area contributed by atoms with E-state index in [-0.39, 0.29) is 0 Å². The van der Waals surface area contributed by atoms with Crippen molar-refractivity contribution in [1.82, 2.24) is 0 Å². The highest BCUT2D eigenvalue weighted by Gasteiger charge is 2.46. The van der Waals surface area contributed by atoms with Crippen LogP contribution in [0, 0.1) is 23.2 Å². The highest BCUT2D eigenvalue weighted by atomic mass is 14.5. The van der Waals surface area contributed by atoms with Crippen molar-refractivity contribution in [2.75, 3.05) is 0 Å². The summed E-state index contributed by atoms with van der Waals surface area (Å²) in [6, 6.07) is 0. The Balaban J connectivity index is 2.17. The lowest BCUT2D eigenvalue weighted by Crippen LogP contribution is -2.36. The summed E-state index contributed by atoms with van der Waals surface area (Å²) in [6.45, 7) is 7.43. The third-order valence-corrected chi connectivity index (χ3v) is 5.05. The van der Waals surface area contributed by atoms with Crippen LogP contribution in [0.3, 0.4) is 0 Å². The van der Waals surface area contributed by atoms with Gasteiger partial charge in [0, 0.05) is 0 Å². The first-order valence-corrected chi connectivity index (χ1v) is 6.17. The van der Waals surface area contributed by atoms with Crippen molar-refractivity contribution in [3.05, 3.63) is 0 Å². The van der Waals surface area contributed by atoms with E-state index in [9.17, 15) is 0 Å². The van der Waals surface area contributed by atoms with Gasteiger partial charge in [-0.1, -0.05) is 33.6 Å². The molecule has 2 saturated carbocycles. The molecule has 0 radical (unpaired) electrons. The Morgan fingerprint density at radius 2 is 2.00 bits per heavy atom. The molecule has 2 aliphatic carbocycles. The Morgan fingerprint density at radius 1 is 1.23 bits per heavy atom. The molecule has 76 valence electrons. The summed E-state index contributed by atoms with van der Waals surface area (Å²) in [5.74, 6) is 3.11. The minimum Gasteiger partial charge on any atom is -0.0651 e. The van der Waals surface area contributed by atoms with Crippen LogP contribution in [0.25, 0.3) is 0 Å². The average molecular weight is 180 g/mol. The van der Waals surface area contributed by atoms with Gasteiger partial charge in [0.15, 0.2) is 0 Å². The lowest BCUT2D eigenvalue weighted by molar-refractivity contribution is 0.0455. The monoisotopic (exact) mass is 180 g/mol. The third kappa shape index (κ3) is 1.43. The first kappa shape index (κ1) is 9.55. The zero-order valence-electron chi connectivity index (χ0n) is 9.47. The number of rotatable bonds is 1. The van der Waals surface area contributed by atoms with Gasteiger partial charge in [0.25, 0.3) is 0 Å². The summed E-state index contributed by atoms with van der Waals surface area (Å²) in [7, 11) is 0. The molecule has 4 unspecified atom stereocenters. The molecule has 0 N–H and O–H groups in total. The van der Waals surface area contributed by atoms with Crippen molar-refractivity contribution >= 4 is 0 Å². The van der Waals surface area contributed by atoms with Crippen molar-refractivity contribution in [1.29, 1.82) is 0 Å². The van der Waals surface area contributed by atoms with E-state index >= 15 is 0 Å². The van der Waals surface area contributed by atoms with Gasteiger partial charge >= 0.3 is 0 Å². The predicted octanol–water partition coefficient (Wildman–Crippen LogP) is 4.25. The molecule has 13 heavy (non-hydrogen) atoms. The Labute approximate surface area is 83.1 Å². The lowest BCUT2D eigenvalue weighted by atomic mass is 9.60. The Bertz CT molecular complexity index is 184. The summed E-state index contributed by atoms with van der Waals surface area (Å²) in [5.41, 5.74) is 0.743. The summed E-state index contributed by atoms with van der Waals surface area (Å²) in [5, 5.41) is 0. The normalized spacial score (nSPS) is 50.5. The number of hydrogen-bond acceptors (Lipinski definition) is 0. The third-order valence-electron chi connectivity index (χ3n) is 5.05. The fourth-order valence-electron chi connectivity index (χ4n) is 4.16. The summed E-state index contributed by atoms with van der Waals surface area (Å²) in [4.78, 5) is 0. The molecule has 2 aliphatic rings. The first-order valence-electron chi connectivity index (χ1n) is 6.17. The fourth-order valence-corrected chi connectivity index (χ4v) is 4.16. The van der Waals surface area contributed by atoms with Gasteiger partial charge in [-0.15, -0.1) is 0 Å². The molecule has 0 heteroatoms. The fraction of sp³-hybridized carbons (Fsp3) is 1.00. The van der Waals surface area contributed by atoms with Gasteiger partial charge in [-0.3, -0.25) is 0 Å². The van der Waals surface area contributed by atoms with Crippen LogP contribution in [0.5, 0.6) is 0 Å². The molecule has 0 aromatic heterocycles. The zero-order chi connectivity index (χ0) is 9.47. The van der Waals surface area contributed by atoms with Crippen LogP contribution >= 0.6 is 0 Å². The molecule has 4 atom stereocenters. The minimum absolute atomic E-state index is 0.743. The van der Waals surface area contributed by atoms with Gasteiger partial charge < -0.3 is 0 Å². The van der Waals surface area contributed by atoms with Crippen molar-refractivity contribution < 1.29 is 0 Å². The zero-order valence-corrected chi connectivity index (χ0v) is 9.47. The topological polar surface area (TPSA) is 0 Å². The maximum absolute atomic E-state index is 2.55. The number of fused-ring (bicyclic) bond motifs is 1. The van der Waals surface area contributed by atoms with E-state index in [2.05, 4.69) is 20.8 Å². The standard InChI is InChI=1S/C13H24/c1-4-11-10(2)7-9-13(3)8-5-6-12(11)13/h10-12H,4-9H2,1-3H3. The minimum atomic E-state index is 0.743. The molecule has 0 aliphatic heterocycles. The molecular weight excluding hydrogens is 156 g/mol. The van der Waals surface area contributed by atoms with Gasteiger partial charge in [0.2, 0.25) is 0 Å². The molecule has 0 aromatic rings. The van der Waals surface area contributed by atoms with Crippen LogP contribution in [-0.4, -0.2) is 0 Å². The van der Waals surface area contributed by atoms with Crippen LogP contribution in [0.4, 0.5) is 0 Å². The molecule has 0 heterocycles. The van der Waals surface area contributed by atoms with E-state index in [1.165, 1.54) is 38.5 Å². The maximum atomic E-state index is 2.55. The van der Waals surface area contributed by atoms with Crippen LogP contribution < -0.4 is 0 Å². The van der Waals surface area contributed by atoms with E-state index in [0.717, 1.165) is 23.2 Å². The highest BCUT2D eigenvalue weighted by Crippen LogP contribution is 2.56. The lowest BCUT2D eigenvalue weighted by Gasteiger charge is -2.45. The van der Waals surface area contributed by atoms with Crippen molar-refractivity contribution in [2.24, 2.45) is 23.2 Å². The van der Waals surface area contributed by atoms with Gasteiger partial charge in [-0.2, -0.15) is 0 Å². The quantitative estimate of drug-likeness (QED) is 0.566. The van der Waals surface area contributed by atoms with E-state index in [1.54, 1.807) is 0 Å². The van der Waals surface area contributed by atoms with Crippen LogP contribution in [-0.2, 0) is 0 Å². The van der Waals surface area contributed by atoms with Gasteiger partial charge in [0.1, 0.15) is 0 Å². The van der Waals surface area contributed by atoms with E-state index in [0.29, 0.717) is 0 Å². The van der Waals surface area contributed by atoms with Crippen molar-refractivity contribution in [3.8, 4) is 0 Å². The molecule has 2 rings (SSSR count). The second kappa shape index (κ2) is 3.29. The molecule has 0 spiro atoms. The summed E-state index contributed by atoms with van der Waals surface area (Å²) >= 11 is 0. The Hall–Kier alpha value is 0. The second-order valence-corrected chi connectivity index (χ2v) is 5.74. The molecule has 0 aromatic carbocycles. The van der Waals surface area contributed by atoms with E-state index in [1.807, 2.05) is 0 Å². The number of hydrogen-bond donors (Lipinski definition) is 0. The molecule has 0 saturated heterocycles. The molecular formula is C13H24. The van der Waals surface area contributed by atoms with Crippen LogP contribution in [0.2, 0.25) is 0 Å². The van der Waals surface area contributed by atoms with Gasteiger partial charge in [-0.25, -0.2) is 0 Å². The SMILES string of the molecule is CCC1C(C)CCC2(C)CCCC12. The van der Waals surface area contributed by atoms with Gasteiger partial charge in [-0.05, 0) is 48.9 Å². The smallest absolute Gasteiger partial charge is 0.0295 e. The van der Waals surface area contributed by atoms with Crippen LogP contribution in [0.1, 0.15) is 59.3 Å². The second-order valence-electron chi connectivity index (χ2n) is 5.74. The predicted molar refractivity (Wildman–Crippen MR) is 57.6 cm³/mol. The maximum Gasteiger partial charge on any atom is -0.0295 e. The average Bonchev–Trinajstić information content (AvgIpc) is 2.48. The largest absolute Gasteiger partial charge is 0.0651 e. The van der Waals surface area contributed by atoms with E-state index in [4.69, 9.17) is 0 Å². The molecule has 0 nitrogen and oxygen atoms in total. The Morgan fingerprint density at radius 3 is 2.69 bits per heavy atom. The van der Waals surface area contributed by atoms with Crippen molar-refractivity contribution in [3.63, 3.8) is 0 Å². The highest BCUT2D eigenvalue weighted by molar-refractivity contribution is 4.96. The molecule has 2 fully saturated rings. The van der Waals surface area contributed by atoms with Crippen molar-refractivity contribution in [2.45, 2.75) is 59.3 Å².